The first-order valence-corrected chi connectivity index (χ1v) is 9.04. The molecule has 1 amide bonds. The molecule has 0 unspecified atom stereocenters. The van der Waals surface area contributed by atoms with E-state index in [9.17, 15) is 9.59 Å². The highest BCUT2D eigenvalue weighted by atomic mass is 32.1. The number of nitrogens with zero attached hydrogens (tertiary/aromatic N) is 2. The minimum atomic E-state index is -0.629. The second kappa shape index (κ2) is 6.73. The van der Waals surface area contributed by atoms with Crippen LogP contribution in [0.5, 0.6) is 0 Å². The summed E-state index contributed by atoms with van der Waals surface area (Å²) in [6.07, 6.45) is 1.94. The predicted molar refractivity (Wildman–Crippen MR) is 98.8 cm³/mol. The Hall–Kier alpha value is -2.21. The summed E-state index contributed by atoms with van der Waals surface area (Å²) in [5.74, 6) is -0.170. The normalized spacial score (nSPS) is 12.6. The third-order valence-corrected chi connectivity index (χ3v) is 5.46. The Kier molecular flexibility index (Phi) is 4.66. The number of aryl methyl sites for hydroxylation is 1. The van der Waals surface area contributed by atoms with Gasteiger partial charge in [0.25, 0.3) is 5.56 Å². The van der Waals surface area contributed by atoms with Crippen molar-refractivity contribution in [2.24, 2.45) is 0 Å². The van der Waals surface area contributed by atoms with Crippen molar-refractivity contribution in [2.45, 2.75) is 39.7 Å². The molecule has 0 fully saturated rings. The molecule has 0 radical (unpaired) electrons. The lowest BCUT2D eigenvalue weighted by Crippen LogP contribution is -2.37. The molecule has 6 heteroatoms. The summed E-state index contributed by atoms with van der Waals surface area (Å²) in [7, 11) is 0. The molecule has 0 aliphatic rings. The number of hydrogen-bond donors (Lipinski definition) is 1. The van der Waals surface area contributed by atoms with E-state index in [1.807, 2.05) is 31.2 Å². The van der Waals surface area contributed by atoms with Gasteiger partial charge in [0.2, 0.25) is 5.91 Å². The lowest BCUT2D eigenvalue weighted by Gasteiger charge is -2.15. The highest BCUT2D eigenvalue weighted by Crippen LogP contribution is 2.32. The van der Waals surface area contributed by atoms with Crippen molar-refractivity contribution in [3.05, 3.63) is 40.3 Å². The van der Waals surface area contributed by atoms with Gasteiger partial charge in [0, 0.05) is 16.6 Å². The summed E-state index contributed by atoms with van der Waals surface area (Å²) in [5.41, 5.74) is 0.574. The number of rotatable bonds is 5. The lowest BCUT2D eigenvalue weighted by atomic mass is 10.2. The summed E-state index contributed by atoms with van der Waals surface area (Å²) in [4.78, 5) is 25.3. The van der Waals surface area contributed by atoms with Gasteiger partial charge < -0.3 is 5.32 Å². The highest BCUT2D eigenvalue weighted by Gasteiger charge is 2.21. The van der Waals surface area contributed by atoms with Crippen molar-refractivity contribution in [1.29, 1.82) is 0 Å². The van der Waals surface area contributed by atoms with E-state index >= 15 is 0 Å². The molecule has 2 aromatic heterocycles. The first-order chi connectivity index (χ1) is 11.5. The number of nitrogens with one attached hydrogen (secondary N) is 1. The van der Waals surface area contributed by atoms with E-state index < -0.39 is 6.04 Å². The molecule has 1 aromatic carbocycles. The summed E-state index contributed by atoms with van der Waals surface area (Å²) >= 11 is 1.57. The van der Waals surface area contributed by atoms with Gasteiger partial charge in [-0.15, -0.1) is 11.3 Å². The number of carbonyl (C=O) groups excluding carboxylic acids is 1. The summed E-state index contributed by atoms with van der Waals surface area (Å²) in [6.45, 7) is 6.29. The minimum Gasteiger partial charge on any atom is -0.354 e. The fourth-order valence-electron chi connectivity index (χ4n) is 2.79. The topological polar surface area (TPSA) is 64.0 Å². The van der Waals surface area contributed by atoms with Crippen LogP contribution in [0.25, 0.3) is 20.2 Å². The molecule has 2 heterocycles. The second-order valence-electron chi connectivity index (χ2n) is 5.96. The van der Waals surface area contributed by atoms with Crippen LogP contribution >= 0.6 is 11.3 Å². The molecular weight excluding hydrogens is 322 g/mol. The van der Waals surface area contributed by atoms with Crippen LogP contribution in [0.1, 0.15) is 38.4 Å². The zero-order valence-electron chi connectivity index (χ0n) is 14.1. The van der Waals surface area contributed by atoms with Gasteiger partial charge in [-0.2, -0.15) is 5.10 Å². The Morgan fingerprint density at radius 3 is 2.88 bits per heavy atom. The van der Waals surface area contributed by atoms with Gasteiger partial charge in [0.1, 0.15) is 6.04 Å². The van der Waals surface area contributed by atoms with Crippen LogP contribution in [0.2, 0.25) is 0 Å². The van der Waals surface area contributed by atoms with E-state index in [1.165, 1.54) is 4.68 Å². The average Bonchev–Trinajstić information content (AvgIpc) is 2.98. The summed E-state index contributed by atoms with van der Waals surface area (Å²) < 4.78 is 3.28. The Morgan fingerprint density at radius 2 is 2.12 bits per heavy atom. The number of aromatic nitrogens is 2. The third kappa shape index (κ3) is 2.82. The van der Waals surface area contributed by atoms with Gasteiger partial charge in [-0.1, -0.05) is 31.5 Å². The van der Waals surface area contributed by atoms with Crippen molar-refractivity contribution in [3.63, 3.8) is 0 Å². The first-order valence-electron chi connectivity index (χ1n) is 8.23. The minimum absolute atomic E-state index is 0.170. The summed E-state index contributed by atoms with van der Waals surface area (Å²) in [5, 5.41) is 8.86. The van der Waals surface area contributed by atoms with Crippen LogP contribution in [0.4, 0.5) is 0 Å². The molecule has 3 aromatic rings. The molecule has 3 rings (SSSR count). The van der Waals surface area contributed by atoms with Gasteiger partial charge in [-0.05, 0) is 26.3 Å². The van der Waals surface area contributed by atoms with Crippen LogP contribution in [-0.2, 0) is 4.79 Å². The van der Waals surface area contributed by atoms with Crippen LogP contribution < -0.4 is 10.9 Å². The van der Waals surface area contributed by atoms with Crippen LogP contribution in [-0.4, -0.2) is 22.2 Å². The largest absolute Gasteiger partial charge is 0.354 e. The quantitative estimate of drug-likeness (QED) is 0.722. The standard InChI is InChI=1S/C18H21N3O2S/c1-4-5-10-19-17(22)12(3)21-18(23)15-13-8-6-7-9-14(13)24-16(15)11(2)20-21/h6-9,12H,4-5,10H2,1-3H3,(H,19,22)/t12-/m1/s1. The van der Waals surface area contributed by atoms with E-state index in [4.69, 9.17) is 0 Å². The first kappa shape index (κ1) is 16.6. The molecule has 0 aliphatic heterocycles. The van der Waals surface area contributed by atoms with Crippen molar-refractivity contribution in [1.82, 2.24) is 15.1 Å². The highest BCUT2D eigenvalue weighted by molar-refractivity contribution is 7.26. The zero-order chi connectivity index (χ0) is 17.3. The Balaban J connectivity index is 2.09. The number of unbranched alkanes of at least 4 members (excludes halogenated alkanes) is 1. The number of fused-ring (bicyclic) bond motifs is 3. The zero-order valence-corrected chi connectivity index (χ0v) is 14.9. The average molecular weight is 343 g/mol. The maximum absolute atomic E-state index is 13.0. The molecule has 0 saturated carbocycles. The maximum atomic E-state index is 13.0. The smallest absolute Gasteiger partial charge is 0.276 e. The Bertz CT molecular complexity index is 958. The molecule has 126 valence electrons. The van der Waals surface area contributed by atoms with E-state index in [-0.39, 0.29) is 11.5 Å². The van der Waals surface area contributed by atoms with Gasteiger partial charge in [0.15, 0.2) is 0 Å². The second-order valence-corrected chi connectivity index (χ2v) is 7.01. The maximum Gasteiger partial charge on any atom is 0.276 e. The van der Waals surface area contributed by atoms with Crippen LogP contribution in [0.15, 0.2) is 29.1 Å². The lowest BCUT2D eigenvalue weighted by molar-refractivity contribution is -0.124. The number of hydrogen-bond acceptors (Lipinski definition) is 4. The van der Waals surface area contributed by atoms with Gasteiger partial charge in [-0.25, -0.2) is 4.68 Å². The molecule has 0 aliphatic carbocycles. The van der Waals surface area contributed by atoms with E-state index in [0.717, 1.165) is 33.3 Å². The Labute approximate surface area is 144 Å². The molecular formula is C18H21N3O2S. The fourth-order valence-corrected chi connectivity index (χ4v) is 3.92. The number of thiophene rings is 1. The summed E-state index contributed by atoms with van der Waals surface area (Å²) in [6, 6.07) is 7.21. The number of amides is 1. The predicted octanol–water partition coefficient (Wildman–Crippen LogP) is 3.40. The van der Waals surface area contributed by atoms with Crippen LogP contribution in [0.3, 0.4) is 0 Å². The van der Waals surface area contributed by atoms with E-state index in [1.54, 1.807) is 18.3 Å². The molecule has 5 nitrogen and oxygen atoms in total. The van der Waals surface area contributed by atoms with Gasteiger partial charge in [0.05, 0.1) is 15.8 Å². The van der Waals surface area contributed by atoms with E-state index in [0.29, 0.717) is 11.9 Å². The Morgan fingerprint density at radius 1 is 1.38 bits per heavy atom. The van der Waals surface area contributed by atoms with Crippen molar-refractivity contribution < 1.29 is 4.79 Å². The molecule has 24 heavy (non-hydrogen) atoms. The molecule has 0 bridgehead atoms. The molecule has 0 spiro atoms. The SMILES string of the molecule is CCCCNC(=O)[C@@H](C)n1nc(C)c2sc3ccccc3c2c1=O. The molecule has 1 atom stereocenters. The number of benzene rings is 1. The fraction of sp³-hybridized carbons (Fsp3) is 0.389. The van der Waals surface area contributed by atoms with E-state index in [2.05, 4.69) is 17.3 Å². The van der Waals surface area contributed by atoms with Crippen molar-refractivity contribution in [3.8, 4) is 0 Å². The van der Waals surface area contributed by atoms with Crippen molar-refractivity contribution in [2.75, 3.05) is 6.54 Å². The molecule has 1 N–H and O–H groups in total. The van der Waals surface area contributed by atoms with Gasteiger partial charge >= 0.3 is 0 Å². The van der Waals surface area contributed by atoms with Crippen molar-refractivity contribution >= 4 is 37.4 Å². The number of carbonyl (C=O) groups is 1. The van der Waals surface area contributed by atoms with Gasteiger partial charge in [-0.3, -0.25) is 9.59 Å². The van der Waals surface area contributed by atoms with Crippen LogP contribution in [0, 0.1) is 6.92 Å². The monoisotopic (exact) mass is 343 g/mol. The molecule has 0 saturated heterocycles. The third-order valence-electron chi connectivity index (χ3n) is 4.18.